The van der Waals surface area contributed by atoms with E-state index in [9.17, 15) is 9.90 Å². The number of carbonyl (C=O) groups is 1. The molecule has 4 heteroatoms. The topological polar surface area (TPSA) is 55.1 Å². The van der Waals surface area contributed by atoms with Crippen LogP contribution >= 0.6 is 0 Å². The van der Waals surface area contributed by atoms with Crippen LogP contribution in [-0.2, 0) is 17.8 Å². The zero-order valence-electron chi connectivity index (χ0n) is 11.0. The van der Waals surface area contributed by atoms with Crippen molar-refractivity contribution in [1.29, 1.82) is 0 Å². The summed E-state index contributed by atoms with van der Waals surface area (Å²) < 4.78 is 1.85. The van der Waals surface area contributed by atoms with Crippen LogP contribution in [0, 0.1) is 0 Å². The van der Waals surface area contributed by atoms with E-state index in [0.29, 0.717) is 6.42 Å². The lowest BCUT2D eigenvalue weighted by Gasteiger charge is -2.11. The molecule has 1 aromatic carbocycles. The largest absolute Gasteiger partial charge is 0.481 e. The summed E-state index contributed by atoms with van der Waals surface area (Å²) in [5.41, 5.74) is 1.95. The number of hydrogen-bond donors (Lipinski definition) is 1. The van der Waals surface area contributed by atoms with Crippen molar-refractivity contribution in [2.75, 3.05) is 0 Å². The number of carboxylic acid groups (broad SMARTS) is 1. The van der Waals surface area contributed by atoms with E-state index in [0.717, 1.165) is 24.1 Å². The number of nitrogens with zero attached hydrogens (tertiary/aromatic N) is 2. The molecule has 0 amide bonds. The third-order valence-corrected chi connectivity index (χ3v) is 3.23. The highest BCUT2D eigenvalue weighted by Crippen LogP contribution is 2.21. The number of rotatable bonds is 6. The number of aryl methyl sites for hydroxylation is 2. The van der Waals surface area contributed by atoms with Gasteiger partial charge in [-0.2, -0.15) is 5.10 Å². The van der Waals surface area contributed by atoms with Crippen LogP contribution in [0.5, 0.6) is 0 Å². The molecule has 19 heavy (non-hydrogen) atoms. The second kappa shape index (κ2) is 6.18. The summed E-state index contributed by atoms with van der Waals surface area (Å²) in [6, 6.07) is 9.39. The molecular weight excluding hydrogens is 240 g/mol. The molecule has 0 radical (unpaired) electrons. The van der Waals surface area contributed by atoms with Crippen molar-refractivity contribution in [3.05, 3.63) is 53.9 Å². The van der Waals surface area contributed by atoms with Gasteiger partial charge in [0.25, 0.3) is 0 Å². The molecule has 0 aliphatic heterocycles. The van der Waals surface area contributed by atoms with Gasteiger partial charge in [-0.1, -0.05) is 30.3 Å². The summed E-state index contributed by atoms with van der Waals surface area (Å²) in [6.07, 6.45) is 5.11. The molecule has 2 aromatic rings. The van der Waals surface area contributed by atoms with Crippen molar-refractivity contribution < 1.29 is 9.90 Å². The summed E-state index contributed by atoms with van der Waals surface area (Å²) in [5, 5.41) is 13.5. The molecule has 2 rings (SSSR count). The van der Waals surface area contributed by atoms with Gasteiger partial charge in [0.15, 0.2) is 0 Å². The molecule has 0 aliphatic rings. The summed E-state index contributed by atoms with van der Waals surface area (Å²) in [4.78, 5) is 11.4. The van der Waals surface area contributed by atoms with Crippen LogP contribution < -0.4 is 0 Å². The molecule has 4 nitrogen and oxygen atoms in total. The molecule has 1 N–H and O–H groups in total. The van der Waals surface area contributed by atoms with E-state index in [1.807, 2.05) is 54.3 Å². The van der Waals surface area contributed by atoms with E-state index in [1.165, 1.54) is 0 Å². The zero-order chi connectivity index (χ0) is 13.7. The number of aromatic nitrogens is 2. The summed E-state index contributed by atoms with van der Waals surface area (Å²) in [6.45, 7) is 2.86. The number of carboxylic acids is 1. The average molecular weight is 258 g/mol. The Kier molecular flexibility index (Phi) is 4.34. The van der Waals surface area contributed by atoms with Crippen molar-refractivity contribution in [3.8, 4) is 0 Å². The maximum Gasteiger partial charge on any atom is 0.310 e. The second-order valence-corrected chi connectivity index (χ2v) is 4.54. The average Bonchev–Trinajstić information content (AvgIpc) is 2.88. The van der Waals surface area contributed by atoms with E-state index in [2.05, 4.69) is 5.10 Å². The van der Waals surface area contributed by atoms with Crippen LogP contribution in [0.3, 0.4) is 0 Å². The maximum absolute atomic E-state index is 11.4. The fourth-order valence-electron chi connectivity index (χ4n) is 2.14. The molecule has 1 aromatic heterocycles. The molecule has 100 valence electrons. The third kappa shape index (κ3) is 3.44. The highest BCUT2D eigenvalue weighted by Gasteiger charge is 2.19. The van der Waals surface area contributed by atoms with Gasteiger partial charge in [-0.25, -0.2) is 0 Å². The van der Waals surface area contributed by atoms with Gasteiger partial charge in [0.05, 0.1) is 12.1 Å². The first-order valence-corrected chi connectivity index (χ1v) is 6.49. The molecule has 0 fully saturated rings. The Morgan fingerprint density at radius 3 is 2.68 bits per heavy atom. The number of hydrogen-bond acceptors (Lipinski definition) is 2. The van der Waals surface area contributed by atoms with E-state index in [1.54, 1.807) is 0 Å². The highest BCUT2D eigenvalue weighted by atomic mass is 16.4. The highest BCUT2D eigenvalue weighted by molar-refractivity contribution is 5.76. The lowest BCUT2D eigenvalue weighted by atomic mass is 9.93. The van der Waals surface area contributed by atoms with Gasteiger partial charge < -0.3 is 5.11 Å². The van der Waals surface area contributed by atoms with Crippen molar-refractivity contribution in [2.24, 2.45) is 0 Å². The van der Waals surface area contributed by atoms with Crippen molar-refractivity contribution in [1.82, 2.24) is 9.78 Å². The first kappa shape index (κ1) is 13.3. The lowest BCUT2D eigenvalue weighted by molar-refractivity contribution is -0.138. The van der Waals surface area contributed by atoms with E-state index >= 15 is 0 Å². The Morgan fingerprint density at radius 1 is 1.37 bits per heavy atom. The first-order valence-electron chi connectivity index (χ1n) is 6.49. The fraction of sp³-hybridized carbons (Fsp3) is 0.333. The van der Waals surface area contributed by atoms with Gasteiger partial charge in [-0.15, -0.1) is 0 Å². The van der Waals surface area contributed by atoms with Crippen LogP contribution in [0.2, 0.25) is 0 Å². The minimum atomic E-state index is -0.769. The van der Waals surface area contributed by atoms with Gasteiger partial charge in [0.1, 0.15) is 0 Å². The van der Waals surface area contributed by atoms with Crippen molar-refractivity contribution >= 4 is 5.97 Å². The van der Waals surface area contributed by atoms with Crippen LogP contribution in [0.25, 0.3) is 0 Å². The van der Waals surface area contributed by atoms with E-state index in [-0.39, 0.29) is 0 Å². The van der Waals surface area contributed by atoms with Gasteiger partial charge in [0.2, 0.25) is 0 Å². The zero-order valence-corrected chi connectivity index (χ0v) is 11.0. The predicted octanol–water partition coefficient (Wildman–Crippen LogP) is 2.70. The van der Waals surface area contributed by atoms with E-state index < -0.39 is 11.9 Å². The monoisotopic (exact) mass is 258 g/mol. The van der Waals surface area contributed by atoms with Gasteiger partial charge in [-0.3, -0.25) is 9.48 Å². The Hall–Kier alpha value is -2.10. The smallest absolute Gasteiger partial charge is 0.310 e. The van der Waals surface area contributed by atoms with Gasteiger partial charge >= 0.3 is 5.97 Å². The Labute approximate surface area is 112 Å². The predicted molar refractivity (Wildman–Crippen MR) is 73.0 cm³/mol. The summed E-state index contributed by atoms with van der Waals surface area (Å²) in [5.74, 6) is -1.22. The Balaban J connectivity index is 2.04. The first-order chi connectivity index (χ1) is 9.20. The van der Waals surface area contributed by atoms with Crippen LogP contribution in [-0.4, -0.2) is 20.9 Å². The summed E-state index contributed by atoms with van der Waals surface area (Å²) >= 11 is 0. The Bertz CT molecular complexity index is 534. The van der Waals surface area contributed by atoms with E-state index in [4.69, 9.17) is 0 Å². The van der Waals surface area contributed by atoms with Crippen LogP contribution in [0.1, 0.15) is 30.4 Å². The van der Waals surface area contributed by atoms with Gasteiger partial charge in [0, 0.05) is 12.7 Å². The molecule has 0 bridgehead atoms. The lowest BCUT2D eigenvalue weighted by Crippen LogP contribution is -2.12. The quantitative estimate of drug-likeness (QED) is 0.866. The van der Waals surface area contributed by atoms with Crippen molar-refractivity contribution in [3.63, 3.8) is 0 Å². The van der Waals surface area contributed by atoms with Crippen molar-refractivity contribution in [2.45, 2.75) is 32.2 Å². The SMILES string of the molecule is CCn1cc(CCC(C(=O)O)c2ccccc2)cn1. The molecular formula is C15H18N2O2. The molecule has 1 atom stereocenters. The third-order valence-electron chi connectivity index (χ3n) is 3.23. The Morgan fingerprint density at radius 2 is 2.11 bits per heavy atom. The molecule has 1 unspecified atom stereocenters. The minimum Gasteiger partial charge on any atom is -0.481 e. The molecule has 1 heterocycles. The molecule has 0 saturated carbocycles. The fourth-order valence-corrected chi connectivity index (χ4v) is 2.14. The minimum absolute atomic E-state index is 0.453. The second-order valence-electron chi connectivity index (χ2n) is 4.54. The number of benzene rings is 1. The van der Waals surface area contributed by atoms with Crippen LogP contribution in [0.4, 0.5) is 0 Å². The normalized spacial score (nSPS) is 12.3. The molecule has 0 saturated heterocycles. The number of aliphatic carboxylic acids is 1. The van der Waals surface area contributed by atoms with Crippen LogP contribution in [0.15, 0.2) is 42.7 Å². The summed E-state index contributed by atoms with van der Waals surface area (Å²) in [7, 11) is 0. The maximum atomic E-state index is 11.4. The molecule has 0 aliphatic carbocycles. The molecule has 0 spiro atoms. The van der Waals surface area contributed by atoms with Gasteiger partial charge in [-0.05, 0) is 30.9 Å². The standard InChI is InChI=1S/C15H18N2O2/c1-2-17-11-12(10-16-17)8-9-14(15(18)19)13-6-4-3-5-7-13/h3-7,10-11,14H,2,8-9H2,1H3,(H,18,19).